The van der Waals surface area contributed by atoms with Gasteiger partial charge in [-0.15, -0.1) is 11.3 Å². The molecule has 0 aliphatic carbocycles. The van der Waals surface area contributed by atoms with E-state index in [0.717, 1.165) is 11.3 Å². The molecule has 2 aromatic rings. The Kier molecular flexibility index (Phi) is 2.66. The van der Waals surface area contributed by atoms with Gasteiger partial charge in [-0.1, -0.05) is 0 Å². The second-order valence-corrected chi connectivity index (χ2v) is 4.07. The summed E-state index contributed by atoms with van der Waals surface area (Å²) < 4.78 is 5.39. The summed E-state index contributed by atoms with van der Waals surface area (Å²) in [6, 6.07) is 1.68. The van der Waals surface area contributed by atoms with Crippen LogP contribution in [0.15, 0.2) is 12.3 Å². The molecule has 0 fully saturated rings. The fourth-order valence-corrected chi connectivity index (χ4v) is 2.37. The second-order valence-electron chi connectivity index (χ2n) is 3.07. The third kappa shape index (κ3) is 1.57. The highest BCUT2D eigenvalue weighted by Gasteiger charge is 2.18. The maximum Gasteiger partial charge on any atom is 0.348 e. The number of hydrogen-bond acceptors (Lipinski definition) is 5. The van der Waals surface area contributed by atoms with E-state index >= 15 is 0 Å². The van der Waals surface area contributed by atoms with Gasteiger partial charge in [-0.2, -0.15) is 0 Å². The van der Waals surface area contributed by atoms with Crippen LogP contribution < -0.4 is 10.5 Å². The molecular weight excluding hydrogens is 228 g/mol. The number of ether oxygens (including phenoxy) is 1. The molecule has 84 valence electrons. The van der Waals surface area contributed by atoms with Gasteiger partial charge in [0.15, 0.2) is 0 Å². The van der Waals surface area contributed by atoms with E-state index in [2.05, 4.69) is 4.98 Å². The molecule has 0 unspecified atom stereocenters. The second kappa shape index (κ2) is 3.97. The molecule has 3 N–H and O–H groups in total. The van der Waals surface area contributed by atoms with Crippen molar-refractivity contribution in [2.24, 2.45) is 0 Å². The first-order valence-electron chi connectivity index (χ1n) is 4.68. The van der Waals surface area contributed by atoms with E-state index in [1.165, 1.54) is 0 Å². The van der Waals surface area contributed by atoms with Gasteiger partial charge in [0.05, 0.1) is 17.7 Å². The Morgan fingerprint density at radius 2 is 2.44 bits per heavy atom. The van der Waals surface area contributed by atoms with E-state index in [1.54, 1.807) is 12.3 Å². The highest BCUT2D eigenvalue weighted by molar-refractivity contribution is 7.21. The summed E-state index contributed by atoms with van der Waals surface area (Å²) in [4.78, 5) is 15.7. The average molecular weight is 238 g/mol. The van der Waals surface area contributed by atoms with Crippen LogP contribution >= 0.6 is 11.3 Å². The van der Waals surface area contributed by atoms with Crippen LogP contribution in [-0.2, 0) is 0 Å². The smallest absolute Gasteiger partial charge is 0.348 e. The van der Waals surface area contributed by atoms with Crippen molar-refractivity contribution in [3.63, 3.8) is 0 Å². The Hall–Kier alpha value is -1.82. The lowest BCUT2D eigenvalue weighted by atomic mass is 10.2. The van der Waals surface area contributed by atoms with Gasteiger partial charge in [0.2, 0.25) is 0 Å². The SMILES string of the molecule is CCOc1ccnc2sc(C(=O)O)c(N)c12. The molecule has 0 aliphatic heterocycles. The van der Waals surface area contributed by atoms with Crippen LogP contribution in [0.5, 0.6) is 5.75 Å². The summed E-state index contributed by atoms with van der Waals surface area (Å²) in [6.07, 6.45) is 1.58. The van der Waals surface area contributed by atoms with Gasteiger partial charge >= 0.3 is 5.97 Å². The van der Waals surface area contributed by atoms with Crippen molar-refractivity contribution in [2.45, 2.75) is 6.92 Å². The van der Waals surface area contributed by atoms with Crippen molar-refractivity contribution in [2.75, 3.05) is 12.3 Å². The minimum absolute atomic E-state index is 0.106. The van der Waals surface area contributed by atoms with Gasteiger partial charge in [-0.25, -0.2) is 9.78 Å². The normalized spacial score (nSPS) is 10.6. The number of hydrogen-bond donors (Lipinski definition) is 2. The van der Waals surface area contributed by atoms with E-state index in [4.69, 9.17) is 15.6 Å². The van der Waals surface area contributed by atoms with Crippen molar-refractivity contribution in [3.8, 4) is 5.75 Å². The number of nitrogen functional groups attached to an aromatic ring is 1. The number of carbonyl (C=O) groups is 1. The molecule has 5 nitrogen and oxygen atoms in total. The zero-order valence-electron chi connectivity index (χ0n) is 8.56. The van der Waals surface area contributed by atoms with Crippen LogP contribution in [-0.4, -0.2) is 22.7 Å². The number of carboxylic acid groups (broad SMARTS) is 1. The number of pyridine rings is 1. The molecule has 16 heavy (non-hydrogen) atoms. The molecule has 2 heterocycles. The lowest BCUT2D eigenvalue weighted by Crippen LogP contribution is -1.98. The maximum atomic E-state index is 10.9. The zero-order valence-corrected chi connectivity index (χ0v) is 9.37. The fourth-order valence-electron chi connectivity index (χ4n) is 1.45. The van der Waals surface area contributed by atoms with Crippen LogP contribution in [0.3, 0.4) is 0 Å². The number of fused-ring (bicyclic) bond motifs is 1. The van der Waals surface area contributed by atoms with Gasteiger partial charge in [-0.3, -0.25) is 0 Å². The molecule has 2 aromatic heterocycles. The highest BCUT2D eigenvalue weighted by Crippen LogP contribution is 2.38. The van der Waals surface area contributed by atoms with Crippen molar-refractivity contribution < 1.29 is 14.6 Å². The van der Waals surface area contributed by atoms with Gasteiger partial charge in [0, 0.05) is 6.20 Å². The first kappa shape index (κ1) is 10.7. The molecule has 0 bridgehead atoms. The third-order valence-corrected chi connectivity index (χ3v) is 3.19. The molecule has 0 amide bonds. The molecule has 0 saturated carbocycles. The number of thiophene rings is 1. The van der Waals surface area contributed by atoms with Gasteiger partial charge in [-0.05, 0) is 13.0 Å². The van der Waals surface area contributed by atoms with Gasteiger partial charge in [0.25, 0.3) is 0 Å². The van der Waals surface area contributed by atoms with Crippen molar-refractivity contribution >= 4 is 33.2 Å². The Bertz CT molecular complexity index is 550. The molecular formula is C10H10N2O3S. The quantitative estimate of drug-likeness (QED) is 0.853. The molecule has 0 spiro atoms. The molecule has 6 heteroatoms. The largest absolute Gasteiger partial charge is 0.493 e. The van der Waals surface area contributed by atoms with Crippen LogP contribution in [0.1, 0.15) is 16.6 Å². The third-order valence-electron chi connectivity index (χ3n) is 2.08. The van der Waals surface area contributed by atoms with E-state index < -0.39 is 5.97 Å². The van der Waals surface area contributed by atoms with Crippen LogP contribution in [0.25, 0.3) is 10.2 Å². The molecule has 0 saturated heterocycles. The Balaban J connectivity index is 2.71. The topological polar surface area (TPSA) is 85.4 Å². The molecule has 0 atom stereocenters. The monoisotopic (exact) mass is 238 g/mol. The van der Waals surface area contributed by atoms with Gasteiger partial charge < -0.3 is 15.6 Å². The van der Waals surface area contributed by atoms with Crippen LogP contribution in [0.4, 0.5) is 5.69 Å². The molecule has 0 aliphatic rings. The van der Waals surface area contributed by atoms with Crippen molar-refractivity contribution in [1.29, 1.82) is 0 Å². The van der Waals surface area contributed by atoms with E-state index in [1.807, 2.05) is 6.92 Å². The van der Waals surface area contributed by atoms with Crippen molar-refractivity contribution in [1.82, 2.24) is 4.98 Å². The summed E-state index contributed by atoms with van der Waals surface area (Å²) in [5, 5.41) is 9.54. The number of rotatable bonds is 3. The number of carboxylic acids is 1. The standard InChI is InChI=1S/C10H10N2O3S/c1-2-15-5-3-4-12-9-6(5)7(11)8(16-9)10(13)14/h3-4H,2,11H2,1H3,(H,13,14). The molecule has 0 radical (unpaired) electrons. The first-order chi connectivity index (χ1) is 7.65. The number of anilines is 1. The summed E-state index contributed by atoms with van der Waals surface area (Å²) in [5.74, 6) is -0.461. The number of nitrogens with zero attached hydrogens (tertiary/aromatic N) is 1. The van der Waals surface area contributed by atoms with E-state index in [9.17, 15) is 4.79 Å². The number of aromatic nitrogens is 1. The lowest BCUT2D eigenvalue weighted by Gasteiger charge is -2.04. The average Bonchev–Trinajstić information content (AvgIpc) is 2.58. The minimum Gasteiger partial charge on any atom is -0.493 e. The van der Waals surface area contributed by atoms with Crippen molar-refractivity contribution in [3.05, 3.63) is 17.1 Å². The summed E-state index contributed by atoms with van der Waals surface area (Å²) in [5.41, 5.74) is 6.01. The fraction of sp³-hybridized carbons (Fsp3) is 0.200. The molecule has 0 aromatic carbocycles. The zero-order chi connectivity index (χ0) is 11.7. The predicted octanol–water partition coefficient (Wildman–Crippen LogP) is 1.98. The lowest BCUT2D eigenvalue weighted by molar-refractivity contribution is 0.0703. The Labute approximate surface area is 95.5 Å². The Morgan fingerprint density at radius 3 is 3.06 bits per heavy atom. The summed E-state index contributed by atoms with van der Waals surface area (Å²) in [6.45, 7) is 2.35. The van der Waals surface area contributed by atoms with Crippen LogP contribution in [0.2, 0.25) is 0 Å². The minimum atomic E-state index is -1.04. The first-order valence-corrected chi connectivity index (χ1v) is 5.49. The predicted molar refractivity (Wildman–Crippen MR) is 62.2 cm³/mol. The highest BCUT2D eigenvalue weighted by atomic mass is 32.1. The van der Waals surface area contributed by atoms with Crippen LogP contribution in [0, 0.1) is 0 Å². The number of aromatic carboxylic acids is 1. The summed E-state index contributed by atoms with van der Waals surface area (Å²) >= 11 is 1.06. The van der Waals surface area contributed by atoms with Gasteiger partial charge in [0.1, 0.15) is 15.5 Å². The number of nitrogens with two attached hydrogens (primary N) is 1. The maximum absolute atomic E-state index is 10.9. The molecule has 2 rings (SSSR count). The van der Waals surface area contributed by atoms with E-state index in [-0.39, 0.29) is 10.6 Å². The Morgan fingerprint density at radius 1 is 1.69 bits per heavy atom. The van der Waals surface area contributed by atoms with E-state index in [0.29, 0.717) is 22.6 Å². The summed E-state index contributed by atoms with van der Waals surface area (Å²) in [7, 11) is 0.